The van der Waals surface area contributed by atoms with Gasteiger partial charge in [-0.3, -0.25) is 14.9 Å². The molecule has 0 aliphatic carbocycles. The zero-order valence-electron chi connectivity index (χ0n) is 13.2. The summed E-state index contributed by atoms with van der Waals surface area (Å²) in [6.07, 6.45) is 1.22. The van der Waals surface area contributed by atoms with Crippen molar-refractivity contribution >= 4 is 17.4 Å². The maximum Gasteiger partial charge on any atom is 0.270 e. The van der Waals surface area contributed by atoms with E-state index in [1.165, 1.54) is 12.1 Å². The molecule has 3 rings (SSSR count). The Morgan fingerprint density at radius 1 is 1.33 bits per heavy atom. The van der Waals surface area contributed by atoms with E-state index in [4.69, 9.17) is 0 Å². The molecule has 1 aromatic carbocycles. The molecule has 2 N–H and O–H groups in total. The van der Waals surface area contributed by atoms with E-state index in [-0.39, 0.29) is 17.6 Å². The minimum atomic E-state index is -0.441. The Morgan fingerprint density at radius 2 is 2.17 bits per heavy atom. The Kier molecular flexibility index (Phi) is 4.37. The average molecular weight is 327 g/mol. The zero-order valence-corrected chi connectivity index (χ0v) is 13.2. The summed E-state index contributed by atoms with van der Waals surface area (Å²) in [4.78, 5) is 30.5. The van der Waals surface area contributed by atoms with E-state index in [2.05, 4.69) is 20.6 Å². The van der Waals surface area contributed by atoms with Crippen LogP contribution in [0.1, 0.15) is 18.5 Å². The highest BCUT2D eigenvalue weighted by Gasteiger charge is 2.18. The fourth-order valence-corrected chi connectivity index (χ4v) is 2.60. The normalized spacial score (nSPS) is 17.2. The lowest BCUT2D eigenvalue weighted by molar-refractivity contribution is -0.384. The zero-order chi connectivity index (χ0) is 17.1. The number of nitrogens with zero attached hydrogens (tertiary/aromatic N) is 3. The first-order chi connectivity index (χ1) is 11.5. The predicted molar refractivity (Wildman–Crippen MR) is 88.5 cm³/mol. The third kappa shape index (κ3) is 3.65. The molecule has 124 valence electrons. The number of aryl methyl sites for hydroxylation is 1. The molecule has 0 radical (unpaired) electrons. The number of nitro groups is 1. The molecule has 0 bridgehead atoms. The Hall–Kier alpha value is -3.03. The summed E-state index contributed by atoms with van der Waals surface area (Å²) >= 11 is 0. The summed E-state index contributed by atoms with van der Waals surface area (Å²) in [5, 5.41) is 17.0. The van der Waals surface area contributed by atoms with E-state index in [9.17, 15) is 14.9 Å². The van der Waals surface area contributed by atoms with E-state index in [1.807, 2.05) is 13.0 Å². The summed E-state index contributed by atoms with van der Waals surface area (Å²) in [6, 6.07) is 8.17. The van der Waals surface area contributed by atoms with Gasteiger partial charge in [-0.15, -0.1) is 0 Å². The second-order valence-electron chi connectivity index (χ2n) is 5.71. The van der Waals surface area contributed by atoms with Crippen LogP contribution in [0.2, 0.25) is 0 Å². The predicted octanol–water partition coefficient (Wildman–Crippen LogP) is 2.05. The highest BCUT2D eigenvalue weighted by Crippen LogP contribution is 2.23. The monoisotopic (exact) mass is 327 g/mol. The van der Waals surface area contributed by atoms with Crippen LogP contribution in [0.3, 0.4) is 0 Å². The van der Waals surface area contributed by atoms with Gasteiger partial charge in [0.25, 0.3) is 5.69 Å². The van der Waals surface area contributed by atoms with Gasteiger partial charge < -0.3 is 10.6 Å². The number of piperidine rings is 1. The fourth-order valence-electron chi connectivity index (χ4n) is 2.60. The third-order valence-electron chi connectivity index (χ3n) is 3.79. The Bertz CT molecular complexity index is 783. The molecule has 1 saturated heterocycles. The third-order valence-corrected chi connectivity index (χ3v) is 3.79. The highest BCUT2D eigenvalue weighted by molar-refractivity contribution is 5.77. The van der Waals surface area contributed by atoms with Gasteiger partial charge in [0, 0.05) is 48.5 Å². The molecule has 1 aliphatic heterocycles. The van der Waals surface area contributed by atoms with Crippen molar-refractivity contribution in [2.24, 2.45) is 0 Å². The largest absolute Gasteiger partial charge is 0.365 e. The van der Waals surface area contributed by atoms with Gasteiger partial charge in [-0.25, -0.2) is 9.97 Å². The number of nitro benzene ring substituents is 1. The number of amides is 1. The first-order valence-corrected chi connectivity index (χ1v) is 7.65. The van der Waals surface area contributed by atoms with Crippen LogP contribution in [0.5, 0.6) is 0 Å². The van der Waals surface area contributed by atoms with Gasteiger partial charge >= 0.3 is 0 Å². The van der Waals surface area contributed by atoms with E-state index in [0.29, 0.717) is 30.2 Å². The molecular formula is C16H17N5O3. The van der Waals surface area contributed by atoms with Crippen LogP contribution in [-0.4, -0.2) is 33.4 Å². The number of carbonyl (C=O) groups is 1. The Labute approximate surface area is 138 Å². The number of nitrogens with one attached hydrogen (secondary N) is 2. The smallest absolute Gasteiger partial charge is 0.270 e. The SMILES string of the molecule is Cc1cc(NC2CCC(=O)NC2)nc(-c2cccc([N+](=O)[O-])c2)n1. The van der Waals surface area contributed by atoms with Crippen LogP contribution in [0.25, 0.3) is 11.4 Å². The quantitative estimate of drug-likeness (QED) is 0.657. The van der Waals surface area contributed by atoms with E-state index >= 15 is 0 Å². The maximum absolute atomic E-state index is 11.2. The van der Waals surface area contributed by atoms with Gasteiger partial charge in [0.15, 0.2) is 5.82 Å². The van der Waals surface area contributed by atoms with Crippen molar-refractivity contribution in [3.63, 3.8) is 0 Å². The van der Waals surface area contributed by atoms with E-state index in [1.54, 1.807) is 12.1 Å². The molecule has 24 heavy (non-hydrogen) atoms. The number of non-ortho nitro benzene ring substituents is 1. The number of rotatable bonds is 4. The summed E-state index contributed by atoms with van der Waals surface area (Å²) in [7, 11) is 0. The lowest BCUT2D eigenvalue weighted by Gasteiger charge is -2.24. The number of aromatic nitrogens is 2. The molecular weight excluding hydrogens is 310 g/mol. The van der Waals surface area contributed by atoms with Crippen molar-refractivity contribution < 1.29 is 9.72 Å². The van der Waals surface area contributed by atoms with Crippen LogP contribution >= 0.6 is 0 Å². The Morgan fingerprint density at radius 3 is 2.88 bits per heavy atom. The second-order valence-corrected chi connectivity index (χ2v) is 5.71. The molecule has 1 aromatic heterocycles. The summed E-state index contributed by atoms with van der Waals surface area (Å²) in [5.74, 6) is 1.13. The molecule has 1 amide bonds. The van der Waals surface area contributed by atoms with Crippen LogP contribution in [0.15, 0.2) is 30.3 Å². The van der Waals surface area contributed by atoms with Crippen molar-refractivity contribution in [2.75, 3.05) is 11.9 Å². The molecule has 0 saturated carbocycles. The standard InChI is InChI=1S/C16H17N5O3/c1-10-7-14(19-12-5-6-15(22)17-9-12)20-16(18-10)11-3-2-4-13(8-11)21(23)24/h2-4,7-8,12H,5-6,9H2,1H3,(H,17,22)(H,18,19,20). The van der Waals surface area contributed by atoms with Gasteiger partial charge in [-0.05, 0) is 13.3 Å². The molecule has 1 fully saturated rings. The molecule has 2 aromatic rings. The van der Waals surface area contributed by atoms with Crippen molar-refractivity contribution in [3.8, 4) is 11.4 Å². The second kappa shape index (κ2) is 6.61. The summed E-state index contributed by atoms with van der Waals surface area (Å²) in [6.45, 7) is 2.39. The van der Waals surface area contributed by atoms with E-state index < -0.39 is 4.92 Å². The fraction of sp³-hybridized carbons (Fsp3) is 0.312. The summed E-state index contributed by atoms with van der Waals surface area (Å²) in [5.41, 5.74) is 1.35. The lowest BCUT2D eigenvalue weighted by Crippen LogP contribution is -2.42. The molecule has 8 nitrogen and oxygen atoms in total. The van der Waals surface area contributed by atoms with Crippen molar-refractivity contribution in [2.45, 2.75) is 25.8 Å². The van der Waals surface area contributed by atoms with Crippen LogP contribution in [0, 0.1) is 17.0 Å². The van der Waals surface area contributed by atoms with Gasteiger partial charge in [0.2, 0.25) is 5.91 Å². The molecule has 1 atom stereocenters. The first kappa shape index (κ1) is 15.9. The van der Waals surface area contributed by atoms with Gasteiger partial charge in [-0.1, -0.05) is 12.1 Å². The van der Waals surface area contributed by atoms with Crippen molar-refractivity contribution in [1.29, 1.82) is 0 Å². The summed E-state index contributed by atoms with van der Waals surface area (Å²) < 4.78 is 0. The minimum absolute atomic E-state index is 0.00195. The number of hydrogen-bond donors (Lipinski definition) is 2. The lowest BCUT2D eigenvalue weighted by atomic mass is 10.1. The molecule has 1 aliphatic rings. The number of hydrogen-bond acceptors (Lipinski definition) is 6. The number of anilines is 1. The molecule has 2 heterocycles. The first-order valence-electron chi connectivity index (χ1n) is 7.65. The molecule has 1 unspecified atom stereocenters. The van der Waals surface area contributed by atoms with Gasteiger partial charge in [-0.2, -0.15) is 0 Å². The van der Waals surface area contributed by atoms with Crippen LogP contribution < -0.4 is 10.6 Å². The maximum atomic E-state index is 11.2. The number of carbonyl (C=O) groups excluding carboxylic acids is 1. The van der Waals surface area contributed by atoms with Gasteiger partial charge in [0.05, 0.1) is 4.92 Å². The highest BCUT2D eigenvalue weighted by atomic mass is 16.6. The average Bonchev–Trinajstić information content (AvgIpc) is 2.56. The molecule has 0 spiro atoms. The Balaban J connectivity index is 1.85. The molecule has 8 heteroatoms. The van der Waals surface area contributed by atoms with Crippen molar-refractivity contribution in [3.05, 3.63) is 46.1 Å². The van der Waals surface area contributed by atoms with Gasteiger partial charge in [0.1, 0.15) is 5.82 Å². The van der Waals surface area contributed by atoms with Crippen LogP contribution in [0.4, 0.5) is 11.5 Å². The van der Waals surface area contributed by atoms with Crippen LogP contribution in [-0.2, 0) is 4.79 Å². The minimum Gasteiger partial charge on any atom is -0.365 e. The van der Waals surface area contributed by atoms with E-state index in [0.717, 1.165) is 12.1 Å². The topological polar surface area (TPSA) is 110 Å². The van der Waals surface area contributed by atoms with Crippen molar-refractivity contribution in [1.82, 2.24) is 15.3 Å². The number of benzene rings is 1.